The lowest BCUT2D eigenvalue weighted by Gasteiger charge is -2.09. The van der Waals surface area contributed by atoms with E-state index in [-0.39, 0.29) is 11.3 Å². The van der Waals surface area contributed by atoms with Crippen molar-refractivity contribution in [2.45, 2.75) is 0 Å². The van der Waals surface area contributed by atoms with Crippen molar-refractivity contribution in [3.63, 3.8) is 0 Å². The number of carbonyl (C=O) groups excluding carboxylic acids is 2. The summed E-state index contributed by atoms with van der Waals surface area (Å²) in [5.74, 6) is -0.0538. The largest absolute Gasteiger partial charge is 0.497 e. The summed E-state index contributed by atoms with van der Waals surface area (Å²) >= 11 is 0. The second kappa shape index (κ2) is 8.91. The Labute approximate surface area is 171 Å². The van der Waals surface area contributed by atoms with Gasteiger partial charge in [-0.2, -0.15) is 5.10 Å². The van der Waals surface area contributed by atoms with Crippen molar-refractivity contribution in [1.82, 2.24) is 20.6 Å². The molecular formula is C21H20N4O5. The van der Waals surface area contributed by atoms with Gasteiger partial charge in [0.15, 0.2) is 5.69 Å². The number of benzene rings is 2. The van der Waals surface area contributed by atoms with Gasteiger partial charge in [-0.25, -0.2) is 4.68 Å². The Morgan fingerprint density at radius 3 is 2.47 bits per heavy atom. The number of hydrazine groups is 1. The van der Waals surface area contributed by atoms with E-state index in [4.69, 9.17) is 9.47 Å². The van der Waals surface area contributed by atoms with Crippen molar-refractivity contribution in [1.29, 1.82) is 0 Å². The molecule has 3 rings (SSSR count). The number of fused-ring (bicyclic) bond motifs is 1. The van der Waals surface area contributed by atoms with Gasteiger partial charge >= 0.3 is 0 Å². The lowest BCUT2D eigenvalue weighted by Crippen LogP contribution is -2.42. The molecule has 0 aliphatic carbocycles. The molecule has 9 nitrogen and oxygen atoms in total. The van der Waals surface area contributed by atoms with Crippen LogP contribution in [0.1, 0.15) is 16.1 Å². The molecule has 0 bridgehead atoms. The molecule has 0 saturated heterocycles. The standard InChI is InChI=1S/C21H20N4O5/c1-25-21(28)16-7-5-4-6-15(16)19(24-25)20(27)23-22-18(26)11-9-13-8-10-14(29-2)12-17(13)30-3/h4-12H,1-3H3,(H,22,26)(H,23,27)/b11-9+. The minimum Gasteiger partial charge on any atom is -0.497 e. The highest BCUT2D eigenvalue weighted by molar-refractivity contribution is 6.05. The van der Waals surface area contributed by atoms with Crippen LogP contribution in [0.2, 0.25) is 0 Å². The van der Waals surface area contributed by atoms with E-state index in [2.05, 4.69) is 16.0 Å². The predicted molar refractivity (Wildman–Crippen MR) is 111 cm³/mol. The van der Waals surface area contributed by atoms with Crippen molar-refractivity contribution in [2.75, 3.05) is 14.2 Å². The van der Waals surface area contributed by atoms with Gasteiger partial charge in [-0.3, -0.25) is 25.2 Å². The number of amides is 2. The monoisotopic (exact) mass is 408 g/mol. The van der Waals surface area contributed by atoms with Crippen LogP contribution in [0.15, 0.2) is 53.3 Å². The average Bonchev–Trinajstić information content (AvgIpc) is 2.78. The van der Waals surface area contributed by atoms with E-state index < -0.39 is 11.8 Å². The number of hydrogen-bond acceptors (Lipinski definition) is 6. The first-order chi connectivity index (χ1) is 14.4. The minimum absolute atomic E-state index is 0.0220. The summed E-state index contributed by atoms with van der Waals surface area (Å²) in [4.78, 5) is 36.8. The van der Waals surface area contributed by atoms with E-state index >= 15 is 0 Å². The summed E-state index contributed by atoms with van der Waals surface area (Å²) in [7, 11) is 4.51. The minimum atomic E-state index is -0.648. The van der Waals surface area contributed by atoms with Gasteiger partial charge < -0.3 is 9.47 Å². The van der Waals surface area contributed by atoms with Crippen molar-refractivity contribution < 1.29 is 19.1 Å². The van der Waals surface area contributed by atoms with Crippen LogP contribution in [0.25, 0.3) is 16.8 Å². The van der Waals surface area contributed by atoms with Gasteiger partial charge in [0.2, 0.25) is 0 Å². The van der Waals surface area contributed by atoms with Gasteiger partial charge in [0.25, 0.3) is 17.4 Å². The third kappa shape index (κ3) is 4.30. The number of hydrogen-bond donors (Lipinski definition) is 2. The van der Waals surface area contributed by atoms with Gasteiger partial charge in [-0.05, 0) is 24.3 Å². The summed E-state index contributed by atoms with van der Waals surface area (Å²) in [6.45, 7) is 0. The Bertz CT molecular complexity index is 1200. The van der Waals surface area contributed by atoms with Crippen LogP contribution in [-0.2, 0) is 11.8 Å². The number of nitrogens with one attached hydrogen (secondary N) is 2. The molecule has 0 atom stereocenters. The van der Waals surface area contributed by atoms with Gasteiger partial charge in [-0.1, -0.05) is 18.2 Å². The van der Waals surface area contributed by atoms with E-state index in [1.807, 2.05) is 0 Å². The highest BCUT2D eigenvalue weighted by Crippen LogP contribution is 2.25. The molecule has 30 heavy (non-hydrogen) atoms. The van der Waals surface area contributed by atoms with E-state index in [1.54, 1.807) is 55.7 Å². The molecule has 0 spiro atoms. The fourth-order valence-corrected chi connectivity index (χ4v) is 2.81. The zero-order valence-corrected chi connectivity index (χ0v) is 16.6. The number of aromatic nitrogens is 2. The second-order valence-corrected chi connectivity index (χ2v) is 6.21. The fraction of sp³-hybridized carbons (Fsp3) is 0.143. The van der Waals surface area contributed by atoms with Crippen molar-refractivity contribution in [3.05, 3.63) is 70.2 Å². The molecule has 154 valence electrons. The number of ether oxygens (including phenoxy) is 2. The molecule has 0 radical (unpaired) electrons. The normalized spacial score (nSPS) is 10.8. The van der Waals surface area contributed by atoms with Crippen molar-refractivity contribution in [3.8, 4) is 11.5 Å². The molecule has 3 aromatic rings. The zero-order chi connectivity index (χ0) is 21.7. The van der Waals surface area contributed by atoms with Crippen LogP contribution >= 0.6 is 0 Å². The van der Waals surface area contributed by atoms with Gasteiger partial charge in [-0.15, -0.1) is 0 Å². The highest BCUT2D eigenvalue weighted by atomic mass is 16.5. The molecule has 0 aliphatic rings. The molecule has 2 aromatic carbocycles. The van der Waals surface area contributed by atoms with Crippen molar-refractivity contribution >= 4 is 28.7 Å². The average molecular weight is 408 g/mol. The van der Waals surface area contributed by atoms with E-state index in [1.165, 1.54) is 20.2 Å². The maximum absolute atomic E-state index is 12.5. The van der Waals surface area contributed by atoms with Crippen molar-refractivity contribution in [2.24, 2.45) is 7.05 Å². The van der Waals surface area contributed by atoms with E-state index in [0.29, 0.717) is 27.8 Å². The second-order valence-electron chi connectivity index (χ2n) is 6.21. The summed E-state index contributed by atoms with van der Waals surface area (Å²) < 4.78 is 11.5. The Morgan fingerprint density at radius 1 is 1.03 bits per heavy atom. The Hall–Kier alpha value is -4.14. The molecule has 1 aromatic heterocycles. The van der Waals surface area contributed by atoms with Crippen LogP contribution < -0.4 is 25.9 Å². The molecule has 2 amide bonds. The third-order valence-electron chi connectivity index (χ3n) is 4.33. The smallest absolute Gasteiger partial charge is 0.290 e. The molecule has 0 fully saturated rings. The molecule has 1 heterocycles. The number of rotatable bonds is 5. The van der Waals surface area contributed by atoms with E-state index in [9.17, 15) is 14.4 Å². The molecular weight excluding hydrogens is 388 g/mol. The first kappa shape index (κ1) is 20.6. The Morgan fingerprint density at radius 2 is 1.77 bits per heavy atom. The number of nitrogens with zero attached hydrogens (tertiary/aromatic N) is 2. The molecule has 9 heteroatoms. The van der Waals surface area contributed by atoms with Crippen LogP contribution in [0.4, 0.5) is 0 Å². The van der Waals surface area contributed by atoms with Crippen LogP contribution in [0, 0.1) is 0 Å². The highest BCUT2D eigenvalue weighted by Gasteiger charge is 2.15. The van der Waals surface area contributed by atoms with E-state index in [0.717, 1.165) is 4.68 Å². The number of methoxy groups -OCH3 is 2. The lowest BCUT2D eigenvalue weighted by molar-refractivity contribution is -0.117. The summed E-state index contributed by atoms with van der Waals surface area (Å²) in [6.07, 6.45) is 2.79. The molecule has 0 unspecified atom stereocenters. The molecule has 0 saturated carbocycles. The summed E-state index contributed by atoms with van der Waals surface area (Å²) in [5, 5.41) is 4.76. The van der Waals surface area contributed by atoms with Crippen LogP contribution in [0.3, 0.4) is 0 Å². The van der Waals surface area contributed by atoms with Gasteiger partial charge in [0.05, 0.1) is 19.6 Å². The molecule has 2 N–H and O–H groups in total. The SMILES string of the molecule is COc1ccc(/C=C/C(=O)NNC(=O)c2nn(C)c(=O)c3ccccc23)c(OC)c1. The first-order valence-electron chi connectivity index (χ1n) is 8.91. The third-order valence-corrected chi connectivity index (χ3v) is 4.33. The predicted octanol–water partition coefficient (Wildman–Crippen LogP) is 1.43. The Kier molecular flexibility index (Phi) is 6.11. The summed E-state index contributed by atoms with van der Waals surface area (Å²) in [5.41, 5.74) is 4.96. The maximum atomic E-state index is 12.5. The molecule has 0 aliphatic heterocycles. The quantitative estimate of drug-likeness (QED) is 0.488. The fourth-order valence-electron chi connectivity index (χ4n) is 2.81. The maximum Gasteiger partial charge on any atom is 0.290 e. The van der Waals surface area contributed by atoms with Crippen LogP contribution in [-0.4, -0.2) is 35.8 Å². The topological polar surface area (TPSA) is 112 Å². The zero-order valence-electron chi connectivity index (χ0n) is 16.6. The van der Waals surface area contributed by atoms with Gasteiger partial charge in [0.1, 0.15) is 11.5 Å². The number of carbonyl (C=O) groups is 2. The lowest BCUT2D eigenvalue weighted by atomic mass is 10.1. The van der Waals surface area contributed by atoms with Gasteiger partial charge in [0, 0.05) is 30.1 Å². The number of aryl methyl sites for hydroxylation is 1. The Balaban J connectivity index is 1.72. The first-order valence-corrected chi connectivity index (χ1v) is 8.91. The summed E-state index contributed by atoms with van der Waals surface area (Å²) in [6, 6.07) is 11.8. The van der Waals surface area contributed by atoms with Crippen LogP contribution in [0.5, 0.6) is 11.5 Å².